The van der Waals surface area contributed by atoms with Crippen LogP contribution >= 0.6 is 0 Å². The second-order valence-electron chi connectivity index (χ2n) is 5.59. The Morgan fingerprint density at radius 2 is 2.10 bits per heavy atom. The van der Waals surface area contributed by atoms with Gasteiger partial charge in [-0.1, -0.05) is 0 Å². The van der Waals surface area contributed by atoms with E-state index in [9.17, 15) is 4.79 Å². The number of carbonyl (C=O) groups is 1. The lowest BCUT2D eigenvalue weighted by Gasteiger charge is -2.24. The third-order valence-electron chi connectivity index (χ3n) is 3.85. The number of nitrogens with zero attached hydrogens (tertiary/aromatic N) is 5. The van der Waals surface area contributed by atoms with Gasteiger partial charge >= 0.3 is 0 Å². The molecule has 0 spiro atoms. The lowest BCUT2D eigenvalue weighted by Crippen LogP contribution is -2.37. The van der Waals surface area contributed by atoms with Crippen molar-refractivity contribution in [2.45, 2.75) is 26.3 Å². The molecular weight excluding hydrogens is 254 g/mol. The Bertz CT molecular complexity index is 502. The molecule has 1 fully saturated rings. The number of rotatable bonds is 3. The highest BCUT2D eigenvalue weighted by atomic mass is 16.2. The van der Waals surface area contributed by atoms with Crippen LogP contribution in [0.25, 0.3) is 0 Å². The molecule has 0 aliphatic carbocycles. The van der Waals surface area contributed by atoms with E-state index in [4.69, 9.17) is 0 Å². The van der Waals surface area contributed by atoms with E-state index in [2.05, 4.69) is 14.9 Å². The van der Waals surface area contributed by atoms with Gasteiger partial charge in [0.1, 0.15) is 5.82 Å². The quantitative estimate of drug-likeness (QED) is 0.822. The molecule has 0 bridgehead atoms. The molecule has 1 atom stereocenters. The van der Waals surface area contributed by atoms with Crippen molar-refractivity contribution in [3.8, 4) is 0 Å². The summed E-state index contributed by atoms with van der Waals surface area (Å²) in [6.07, 6.45) is 2.82. The van der Waals surface area contributed by atoms with Crippen LogP contribution < -0.4 is 9.80 Å². The van der Waals surface area contributed by atoms with Crippen molar-refractivity contribution in [2.75, 3.05) is 44.0 Å². The van der Waals surface area contributed by atoms with Crippen LogP contribution in [0, 0.1) is 6.92 Å². The summed E-state index contributed by atoms with van der Waals surface area (Å²) in [4.78, 5) is 26.4. The molecule has 0 radical (unpaired) electrons. The summed E-state index contributed by atoms with van der Waals surface area (Å²) in [6, 6.07) is 0.250. The minimum atomic E-state index is 0.107. The van der Waals surface area contributed by atoms with Crippen LogP contribution in [-0.2, 0) is 4.79 Å². The lowest BCUT2D eigenvalue weighted by atomic mass is 10.2. The first-order valence-electron chi connectivity index (χ1n) is 6.89. The van der Waals surface area contributed by atoms with Crippen molar-refractivity contribution in [2.24, 2.45) is 0 Å². The molecule has 0 N–H and O–H groups in total. The molecule has 0 aromatic carbocycles. The first kappa shape index (κ1) is 14.6. The minimum Gasteiger partial charge on any atom is -0.362 e. The number of hydrogen-bond donors (Lipinski definition) is 0. The summed E-state index contributed by atoms with van der Waals surface area (Å²) in [5.41, 5.74) is 1.07. The van der Waals surface area contributed by atoms with Gasteiger partial charge in [-0.25, -0.2) is 4.98 Å². The van der Waals surface area contributed by atoms with Crippen LogP contribution in [0.5, 0.6) is 0 Å². The normalized spacial score (nSPS) is 18.2. The monoisotopic (exact) mass is 277 g/mol. The van der Waals surface area contributed by atoms with Crippen LogP contribution in [-0.4, -0.2) is 61.0 Å². The van der Waals surface area contributed by atoms with Crippen molar-refractivity contribution >= 4 is 17.7 Å². The van der Waals surface area contributed by atoms with E-state index in [1.165, 1.54) is 0 Å². The highest BCUT2D eigenvalue weighted by Gasteiger charge is 2.28. The van der Waals surface area contributed by atoms with Gasteiger partial charge in [0.2, 0.25) is 11.9 Å². The van der Waals surface area contributed by atoms with Gasteiger partial charge in [-0.2, -0.15) is 4.98 Å². The molecule has 2 heterocycles. The van der Waals surface area contributed by atoms with E-state index < -0.39 is 0 Å². The highest BCUT2D eigenvalue weighted by Crippen LogP contribution is 2.22. The van der Waals surface area contributed by atoms with Crippen molar-refractivity contribution in [3.05, 3.63) is 11.8 Å². The second-order valence-corrected chi connectivity index (χ2v) is 5.59. The average molecular weight is 277 g/mol. The van der Waals surface area contributed by atoms with Gasteiger partial charge in [-0.05, 0) is 13.3 Å². The Morgan fingerprint density at radius 3 is 2.70 bits per heavy atom. The Kier molecular flexibility index (Phi) is 4.11. The average Bonchev–Trinajstić information content (AvgIpc) is 2.87. The molecular formula is C14H23N5O. The summed E-state index contributed by atoms with van der Waals surface area (Å²) < 4.78 is 0. The van der Waals surface area contributed by atoms with Gasteiger partial charge in [0.15, 0.2) is 0 Å². The third kappa shape index (κ3) is 2.84. The van der Waals surface area contributed by atoms with Crippen LogP contribution in [0.1, 0.15) is 18.9 Å². The first-order chi connectivity index (χ1) is 9.40. The number of hydrogen-bond acceptors (Lipinski definition) is 5. The predicted octanol–water partition coefficient (Wildman–Crippen LogP) is 0.908. The van der Waals surface area contributed by atoms with Gasteiger partial charge in [-0.3, -0.25) is 4.79 Å². The van der Waals surface area contributed by atoms with Gasteiger partial charge < -0.3 is 14.7 Å². The zero-order valence-electron chi connectivity index (χ0n) is 12.9. The zero-order chi connectivity index (χ0) is 14.9. The minimum absolute atomic E-state index is 0.107. The molecule has 1 amide bonds. The van der Waals surface area contributed by atoms with Crippen LogP contribution in [0.4, 0.5) is 11.8 Å². The summed E-state index contributed by atoms with van der Waals surface area (Å²) in [7, 11) is 5.82. The Balaban J connectivity index is 2.14. The Morgan fingerprint density at radius 1 is 1.40 bits per heavy atom. The predicted molar refractivity (Wildman–Crippen MR) is 80.2 cm³/mol. The van der Waals surface area contributed by atoms with E-state index in [0.29, 0.717) is 0 Å². The van der Waals surface area contributed by atoms with E-state index in [-0.39, 0.29) is 11.9 Å². The molecule has 20 heavy (non-hydrogen) atoms. The molecule has 1 aromatic rings. The maximum atomic E-state index is 11.4. The zero-order valence-corrected chi connectivity index (χ0v) is 12.9. The van der Waals surface area contributed by atoms with Gasteiger partial charge in [0.25, 0.3) is 0 Å². The molecule has 1 saturated heterocycles. The van der Waals surface area contributed by atoms with Crippen LogP contribution in [0.3, 0.4) is 0 Å². The molecule has 0 unspecified atom stereocenters. The number of likely N-dealkylation sites (N-methyl/N-ethyl adjacent to an activating group) is 1. The van der Waals surface area contributed by atoms with Gasteiger partial charge in [-0.15, -0.1) is 0 Å². The Hall–Kier alpha value is -1.85. The lowest BCUT2D eigenvalue weighted by molar-refractivity contribution is -0.129. The summed E-state index contributed by atoms with van der Waals surface area (Å²) in [5, 5.41) is 0. The fourth-order valence-electron chi connectivity index (χ4n) is 2.53. The highest BCUT2D eigenvalue weighted by molar-refractivity contribution is 5.73. The van der Waals surface area contributed by atoms with Crippen molar-refractivity contribution in [3.63, 3.8) is 0 Å². The number of aromatic nitrogens is 2. The summed E-state index contributed by atoms with van der Waals surface area (Å²) in [5.74, 6) is 1.80. The number of anilines is 2. The number of aryl methyl sites for hydroxylation is 1. The molecule has 110 valence electrons. The topological polar surface area (TPSA) is 52.6 Å². The maximum Gasteiger partial charge on any atom is 0.227 e. The van der Waals surface area contributed by atoms with Crippen molar-refractivity contribution in [1.82, 2.24) is 14.9 Å². The van der Waals surface area contributed by atoms with Crippen molar-refractivity contribution < 1.29 is 4.79 Å². The fourth-order valence-corrected chi connectivity index (χ4v) is 2.53. The Labute approximate surface area is 120 Å². The summed E-state index contributed by atoms with van der Waals surface area (Å²) in [6.45, 7) is 5.30. The van der Waals surface area contributed by atoms with Crippen molar-refractivity contribution in [1.29, 1.82) is 0 Å². The molecule has 2 rings (SSSR count). The molecule has 1 aromatic heterocycles. The molecule has 1 aliphatic rings. The van der Waals surface area contributed by atoms with Gasteiger partial charge in [0.05, 0.1) is 6.04 Å². The maximum absolute atomic E-state index is 11.4. The van der Waals surface area contributed by atoms with Gasteiger partial charge in [0, 0.05) is 52.9 Å². The van der Waals surface area contributed by atoms with Crippen LogP contribution in [0.15, 0.2) is 6.20 Å². The van der Waals surface area contributed by atoms with E-state index in [0.717, 1.165) is 36.8 Å². The summed E-state index contributed by atoms with van der Waals surface area (Å²) >= 11 is 0. The van der Waals surface area contributed by atoms with E-state index in [1.807, 2.05) is 39.2 Å². The molecule has 6 nitrogen and oxygen atoms in total. The molecule has 0 saturated carbocycles. The largest absolute Gasteiger partial charge is 0.362 e. The fraction of sp³-hybridized carbons (Fsp3) is 0.643. The SMILES string of the molecule is CC(=O)N(C)[C@@H]1CCN(c2ncc(C)c(N(C)C)n2)C1. The van der Waals surface area contributed by atoms with E-state index in [1.54, 1.807) is 11.8 Å². The molecule has 6 heteroatoms. The van der Waals surface area contributed by atoms with Crippen LogP contribution in [0.2, 0.25) is 0 Å². The third-order valence-corrected chi connectivity index (χ3v) is 3.85. The smallest absolute Gasteiger partial charge is 0.227 e. The first-order valence-corrected chi connectivity index (χ1v) is 6.89. The second kappa shape index (κ2) is 5.64. The van der Waals surface area contributed by atoms with E-state index >= 15 is 0 Å². The number of amides is 1. The number of carbonyl (C=O) groups excluding carboxylic acids is 1. The standard InChI is InChI=1S/C14H23N5O/c1-10-8-15-14(16-13(10)17(3)4)19-7-6-12(9-19)18(5)11(2)20/h8,12H,6-7,9H2,1-5H3/t12-/m1/s1. The molecule has 1 aliphatic heterocycles.